The highest BCUT2D eigenvalue weighted by Gasteiger charge is 2.31. The fourth-order valence-electron chi connectivity index (χ4n) is 1.63. The van der Waals surface area contributed by atoms with Crippen LogP contribution in [-0.4, -0.2) is 44.5 Å². The second-order valence-electron chi connectivity index (χ2n) is 4.76. The van der Waals surface area contributed by atoms with E-state index in [1.54, 1.807) is 6.92 Å². The number of rotatable bonds is 10. The highest BCUT2D eigenvalue weighted by molar-refractivity contribution is 5.79. The van der Waals surface area contributed by atoms with Gasteiger partial charge in [0, 0.05) is 13.0 Å². The van der Waals surface area contributed by atoms with Gasteiger partial charge in [0.05, 0.1) is 26.4 Å². The summed E-state index contributed by atoms with van der Waals surface area (Å²) in [6.45, 7) is 7.52. The van der Waals surface area contributed by atoms with Crippen LogP contribution in [-0.2, 0) is 19.0 Å². The highest BCUT2D eigenvalue weighted by Crippen LogP contribution is 2.13. The molecule has 0 aromatic rings. The van der Waals surface area contributed by atoms with E-state index in [2.05, 4.69) is 11.7 Å². The zero-order chi connectivity index (χ0) is 14.0. The van der Waals surface area contributed by atoms with Crippen molar-refractivity contribution in [2.75, 3.05) is 26.9 Å². The standard InChI is InChI=1S/C13H27NO4/c1-5-6-7-17-8-9-18-11(2)10-13(3,14)12(15)16-4/h11H,5-10,14H2,1-4H3. The molecule has 2 N–H and O–H groups in total. The van der Waals surface area contributed by atoms with Gasteiger partial charge in [-0.3, -0.25) is 4.79 Å². The van der Waals surface area contributed by atoms with E-state index < -0.39 is 11.5 Å². The smallest absolute Gasteiger partial charge is 0.325 e. The van der Waals surface area contributed by atoms with Crippen LogP contribution < -0.4 is 5.73 Å². The number of hydrogen-bond acceptors (Lipinski definition) is 5. The maximum atomic E-state index is 11.4. The van der Waals surface area contributed by atoms with Gasteiger partial charge >= 0.3 is 5.97 Å². The zero-order valence-electron chi connectivity index (χ0n) is 12.0. The van der Waals surface area contributed by atoms with E-state index >= 15 is 0 Å². The number of nitrogens with two attached hydrogens (primary N) is 1. The van der Waals surface area contributed by atoms with Crippen LogP contribution in [0.25, 0.3) is 0 Å². The molecule has 0 saturated heterocycles. The number of unbranched alkanes of at least 4 members (excludes halogenated alkanes) is 1. The normalized spacial score (nSPS) is 16.1. The Morgan fingerprint density at radius 2 is 2.00 bits per heavy atom. The number of ether oxygens (including phenoxy) is 3. The molecule has 2 atom stereocenters. The Balaban J connectivity index is 3.70. The number of carbonyl (C=O) groups excluding carboxylic acids is 1. The molecule has 18 heavy (non-hydrogen) atoms. The molecule has 0 amide bonds. The number of methoxy groups -OCH3 is 1. The largest absolute Gasteiger partial charge is 0.468 e. The predicted molar refractivity (Wildman–Crippen MR) is 70.4 cm³/mol. The topological polar surface area (TPSA) is 70.8 Å². The Morgan fingerprint density at radius 3 is 2.56 bits per heavy atom. The van der Waals surface area contributed by atoms with Gasteiger partial charge in [-0.1, -0.05) is 13.3 Å². The Hall–Kier alpha value is -0.650. The Morgan fingerprint density at radius 1 is 1.33 bits per heavy atom. The van der Waals surface area contributed by atoms with E-state index in [0.717, 1.165) is 19.4 Å². The van der Waals surface area contributed by atoms with Crippen LogP contribution in [0.1, 0.15) is 40.0 Å². The summed E-state index contributed by atoms with van der Waals surface area (Å²) in [7, 11) is 1.33. The quantitative estimate of drug-likeness (QED) is 0.476. The summed E-state index contributed by atoms with van der Waals surface area (Å²) in [6, 6.07) is 0. The molecule has 0 rings (SSSR count). The minimum atomic E-state index is -1.00. The molecule has 0 radical (unpaired) electrons. The third-order valence-corrected chi connectivity index (χ3v) is 2.64. The lowest BCUT2D eigenvalue weighted by Crippen LogP contribution is -2.48. The first-order valence-corrected chi connectivity index (χ1v) is 6.50. The predicted octanol–water partition coefficient (Wildman–Crippen LogP) is 1.49. The van der Waals surface area contributed by atoms with E-state index in [9.17, 15) is 4.79 Å². The molecule has 5 nitrogen and oxygen atoms in total. The summed E-state index contributed by atoms with van der Waals surface area (Å²) in [5.41, 5.74) is 4.85. The Bertz CT molecular complexity index is 231. The van der Waals surface area contributed by atoms with E-state index in [1.807, 2.05) is 6.92 Å². The number of esters is 1. The zero-order valence-corrected chi connectivity index (χ0v) is 12.0. The summed E-state index contributed by atoms with van der Waals surface area (Å²) in [4.78, 5) is 11.4. The molecule has 0 aliphatic rings. The summed E-state index contributed by atoms with van der Waals surface area (Å²) >= 11 is 0. The van der Waals surface area contributed by atoms with E-state index in [-0.39, 0.29) is 6.10 Å². The van der Waals surface area contributed by atoms with Gasteiger partial charge in [0.25, 0.3) is 0 Å². The highest BCUT2D eigenvalue weighted by atomic mass is 16.5. The molecule has 0 heterocycles. The first-order valence-electron chi connectivity index (χ1n) is 6.50. The van der Waals surface area contributed by atoms with Gasteiger partial charge in [-0.05, 0) is 20.3 Å². The summed E-state index contributed by atoms with van der Waals surface area (Å²) < 4.78 is 15.6. The van der Waals surface area contributed by atoms with Crippen molar-refractivity contribution in [1.82, 2.24) is 0 Å². The molecule has 108 valence electrons. The second kappa shape index (κ2) is 9.30. The van der Waals surface area contributed by atoms with Crippen molar-refractivity contribution in [3.8, 4) is 0 Å². The molecule has 0 fully saturated rings. The molecule has 0 bridgehead atoms. The average Bonchev–Trinajstić information content (AvgIpc) is 2.31. The van der Waals surface area contributed by atoms with E-state index in [4.69, 9.17) is 15.2 Å². The minimum Gasteiger partial charge on any atom is -0.468 e. The SMILES string of the molecule is CCCCOCCOC(C)CC(C)(N)C(=O)OC. The van der Waals surface area contributed by atoms with Crippen molar-refractivity contribution in [3.05, 3.63) is 0 Å². The average molecular weight is 261 g/mol. The molecule has 0 aromatic heterocycles. The van der Waals surface area contributed by atoms with Crippen LogP contribution in [0.4, 0.5) is 0 Å². The summed E-state index contributed by atoms with van der Waals surface area (Å²) in [5, 5.41) is 0. The number of hydrogen-bond donors (Lipinski definition) is 1. The van der Waals surface area contributed by atoms with Gasteiger partial charge < -0.3 is 19.9 Å². The maximum Gasteiger partial charge on any atom is 0.325 e. The first-order chi connectivity index (χ1) is 8.44. The fourth-order valence-corrected chi connectivity index (χ4v) is 1.63. The van der Waals surface area contributed by atoms with Gasteiger partial charge in [0.1, 0.15) is 5.54 Å². The van der Waals surface area contributed by atoms with Crippen LogP contribution in [0, 0.1) is 0 Å². The molecule has 0 aliphatic heterocycles. The van der Waals surface area contributed by atoms with Gasteiger partial charge in [0.2, 0.25) is 0 Å². The van der Waals surface area contributed by atoms with Crippen LogP contribution in [0.15, 0.2) is 0 Å². The number of carbonyl (C=O) groups is 1. The fraction of sp³-hybridized carbons (Fsp3) is 0.923. The van der Waals surface area contributed by atoms with E-state index in [0.29, 0.717) is 19.6 Å². The van der Waals surface area contributed by atoms with Gasteiger partial charge in [-0.15, -0.1) is 0 Å². The van der Waals surface area contributed by atoms with Crippen LogP contribution in [0.3, 0.4) is 0 Å². The van der Waals surface area contributed by atoms with E-state index in [1.165, 1.54) is 7.11 Å². The van der Waals surface area contributed by atoms with Gasteiger partial charge in [-0.2, -0.15) is 0 Å². The third-order valence-electron chi connectivity index (χ3n) is 2.64. The Labute approximate surface area is 110 Å². The molecular weight excluding hydrogens is 234 g/mol. The van der Waals surface area contributed by atoms with Gasteiger partial charge in [0.15, 0.2) is 0 Å². The second-order valence-corrected chi connectivity index (χ2v) is 4.76. The molecule has 0 saturated carbocycles. The van der Waals surface area contributed by atoms with Crippen molar-refractivity contribution >= 4 is 5.97 Å². The molecule has 2 unspecified atom stereocenters. The van der Waals surface area contributed by atoms with Crippen LogP contribution in [0.2, 0.25) is 0 Å². The summed E-state index contributed by atoms with van der Waals surface area (Å²) in [5.74, 6) is -0.419. The monoisotopic (exact) mass is 261 g/mol. The Kier molecular flexibility index (Phi) is 8.97. The maximum absolute atomic E-state index is 11.4. The van der Waals surface area contributed by atoms with Crippen molar-refractivity contribution in [1.29, 1.82) is 0 Å². The van der Waals surface area contributed by atoms with Crippen LogP contribution >= 0.6 is 0 Å². The lowest BCUT2D eigenvalue weighted by atomic mass is 9.96. The van der Waals surface area contributed by atoms with Crippen molar-refractivity contribution in [2.24, 2.45) is 5.73 Å². The molecular formula is C13H27NO4. The van der Waals surface area contributed by atoms with Crippen molar-refractivity contribution in [3.63, 3.8) is 0 Å². The van der Waals surface area contributed by atoms with Crippen molar-refractivity contribution in [2.45, 2.75) is 51.7 Å². The lowest BCUT2D eigenvalue weighted by molar-refractivity contribution is -0.148. The first kappa shape index (κ1) is 17.4. The minimum absolute atomic E-state index is 0.103. The molecule has 0 aromatic carbocycles. The molecule has 0 aliphatic carbocycles. The van der Waals surface area contributed by atoms with Gasteiger partial charge in [-0.25, -0.2) is 0 Å². The summed E-state index contributed by atoms with van der Waals surface area (Å²) in [6.07, 6.45) is 2.52. The lowest BCUT2D eigenvalue weighted by Gasteiger charge is -2.25. The molecule has 5 heteroatoms. The van der Waals surface area contributed by atoms with Crippen molar-refractivity contribution < 1.29 is 19.0 Å². The third kappa shape index (κ3) is 7.63. The molecule has 0 spiro atoms. The van der Waals surface area contributed by atoms with Crippen LogP contribution in [0.5, 0.6) is 0 Å².